The predicted molar refractivity (Wildman–Crippen MR) is 79.4 cm³/mol. The van der Waals surface area contributed by atoms with Crippen LogP contribution < -0.4 is 0 Å². The van der Waals surface area contributed by atoms with E-state index in [0.29, 0.717) is 6.10 Å². The number of unbranched alkanes of at least 4 members (excludes halogenated alkanes) is 4. The average molecular weight is 338 g/mol. The highest BCUT2D eigenvalue weighted by Crippen LogP contribution is 2.26. The molecule has 1 fully saturated rings. The first-order chi connectivity index (χ1) is 7.84. The summed E-state index contributed by atoms with van der Waals surface area (Å²) in [4.78, 5) is 0. The molecule has 0 amide bonds. The van der Waals surface area contributed by atoms with E-state index in [9.17, 15) is 0 Å². The third-order valence-electron chi connectivity index (χ3n) is 3.45. The van der Waals surface area contributed by atoms with Crippen LogP contribution in [0.2, 0.25) is 0 Å². The van der Waals surface area contributed by atoms with Gasteiger partial charge in [0.25, 0.3) is 0 Å². The van der Waals surface area contributed by atoms with Gasteiger partial charge >= 0.3 is 0 Å². The molecule has 1 aliphatic rings. The van der Waals surface area contributed by atoms with Gasteiger partial charge in [0.2, 0.25) is 0 Å². The first kappa shape index (κ1) is 14.7. The lowest BCUT2D eigenvalue weighted by Crippen LogP contribution is -2.23. The minimum absolute atomic E-state index is 0.550. The van der Waals surface area contributed by atoms with Gasteiger partial charge in [-0.15, -0.1) is 0 Å². The summed E-state index contributed by atoms with van der Waals surface area (Å²) >= 11 is 2.59. The molecule has 1 nitrogen and oxygen atoms in total. The summed E-state index contributed by atoms with van der Waals surface area (Å²) in [6.07, 6.45) is 14.1. The van der Waals surface area contributed by atoms with Crippen molar-refractivity contribution in [3.05, 3.63) is 0 Å². The van der Waals surface area contributed by atoms with Gasteiger partial charge in [-0.1, -0.05) is 74.5 Å². The molecule has 1 aliphatic carbocycles. The van der Waals surface area contributed by atoms with Crippen LogP contribution in [0.5, 0.6) is 0 Å². The molecule has 16 heavy (non-hydrogen) atoms. The molecule has 1 saturated carbocycles. The van der Waals surface area contributed by atoms with Crippen molar-refractivity contribution in [3.63, 3.8) is 0 Å². The van der Waals surface area contributed by atoms with Gasteiger partial charge in [0, 0.05) is 10.5 Å². The molecule has 2 unspecified atom stereocenters. The molecule has 0 aliphatic heterocycles. The summed E-state index contributed by atoms with van der Waals surface area (Å²) in [6, 6.07) is 0. The van der Waals surface area contributed by atoms with Crippen molar-refractivity contribution >= 4 is 22.6 Å². The quantitative estimate of drug-likeness (QED) is 0.271. The first-order valence-corrected chi connectivity index (χ1v) is 8.35. The topological polar surface area (TPSA) is 9.23 Å². The molecule has 0 aromatic heterocycles. The molecule has 0 radical (unpaired) electrons. The van der Waals surface area contributed by atoms with Crippen LogP contribution in [-0.4, -0.2) is 16.6 Å². The second kappa shape index (κ2) is 9.69. The smallest absolute Gasteiger partial charge is 0.0692 e. The second-order valence-corrected chi connectivity index (χ2v) is 6.58. The summed E-state index contributed by atoms with van der Waals surface area (Å²) in [5.41, 5.74) is 0. The molecular formula is C14H27IO. The van der Waals surface area contributed by atoms with Gasteiger partial charge < -0.3 is 4.74 Å². The van der Waals surface area contributed by atoms with Gasteiger partial charge in [0.1, 0.15) is 0 Å². The Bertz CT molecular complexity index is 161. The zero-order valence-corrected chi connectivity index (χ0v) is 12.9. The summed E-state index contributed by atoms with van der Waals surface area (Å²) in [5.74, 6) is 0. The summed E-state index contributed by atoms with van der Waals surface area (Å²) in [5, 5.41) is 0. The molecule has 0 bridgehead atoms. The Balaban J connectivity index is 2.01. The van der Waals surface area contributed by atoms with Crippen molar-refractivity contribution in [1.29, 1.82) is 0 Å². The zero-order valence-electron chi connectivity index (χ0n) is 10.7. The zero-order chi connectivity index (χ0) is 11.6. The molecule has 0 saturated heterocycles. The van der Waals surface area contributed by atoms with Gasteiger partial charge in [-0.2, -0.15) is 0 Å². The van der Waals surface area contributed by atoms with Gasteiger partial charge in [-0.05, 0) is 19.3 Å². The van der Waals surface area contributed by atoms with E-state index in [0.717, 1.165) is 10.5 Å². The van der Waals surface area contributed by atoms with E-state index in [4.69, 9.17) is 4.74 Å². The van der Waals surface area contributed by atoms with Crippen LogP contribution in [-0.2, 0) is 4.74 Å². The minimum Gasteiger partial charge on any atom is -0.377 e. The van der Waals surface area contributed by atoms with Crippen LogP contribution in [0, 0.1) is 0 Å². The molecule has 0 spiro atoms. The maximum absolute atomic E-state index is 6.05. The Morgan fingerprint density at radius 3 is 2.56 bits per heavy atom. The molecule has 0 heterocycles. The average Bonchev–Trinajstić information content (AvgIpc) is 2.49. The monoisotopic (exact) mass is 338 g/mol. The predicted octanol–water partition coefficient (Wildman–Crippen LogP) is 5.11. The highest BCUT2D eigenvalue weighted by molar-refractivity contribution is 14.1. The number of hydrogen-bond donors (Lipinski definition) is 0. The van der Waals surface area contributed by atoms with E-state index in [1.165, 1.54) is 64.2 Å². The molecule has 2 heteroatoms. The van der Waals surface area contributed by atoms with Crippen LogP contribution in [0.3, 0.4) is 0 Å². The molecule has 1 rings (SSSR count). The van der Waals surface area contributed by atoms with Crippen LogP contribution in [0.4, 0.5) is 0 Å². The van der Waals surface area contributed by atoms with Crippen LogP contribution in [0.15, 0.2) is 0 Å². The number of rotatable bonds is 7. The van der Waals surface area contributed by atoms with Crippen molar-refractivity contribution in [2.24, 2.45) is 0 Å². The van der Waals surface area contributed by atoms with E-state index in [2.05, 4.69) is 29.5 Å². The highest BCUT2D eigenvalue weighted by Gasteiger charge is 2.21. The third kappa shape index (κ3) is 6.43. The molecule has 0 N–H and O–H groups in total. The van der Waals surface area contributed by atoms with Crippen molar-refractivity contribution in [2.75, 3.05) is 6.61 Å². The van der Waals surface area contributed by atoms with Gasteiger partial charge in [0.15, 0.2) is 0 Å². The Morgan fingerprint density at radius 1 is 1.00 bits per heavy atom. The molecule has 0 aromatic carbocycles. The normalized spacial score (nSPS) is 26.6. The van der Waals surface area contributed by atoms with E-state index >= 15 is 0 Å². The van der Waals surface area contributed by atoms with Crippen molar-refractivity contribution < 1.29 is 4.74 Å². The summed E-state index contributed by atoms with van der Waals surface area (Å²) in [7, 11) is 0. The molecular weight excluding hydrogens is 311 g/mol. The Labute approximate surface area is 115 Å². The highest BCUT2D eigenvalue weighted by atomic mass is 127. The van der Waals surface area contributed by atoms with Crippen LogP contribution >= 0.6 is 22.6 Å². The molecule has 2 atom stereocenters. The van der Waals surface area contributed by atoms with Crippen molar-refractivity contribution in [2.45, 2.75) is 81.2 Å². The standard InChI is InChI=1S/C14H27IO/c1-2-3-4-5-9-12-16-14-11-8-6-7-10-13(14)15/h13-14H,2-12H2,1H3. The number of ether oxygens (including phenoxy) is 1. The van der Waals surface area contributed by atoms with Crippen LogP contribution in [0.25, 0.3) is 0 Å². The summed E-state index contributed by atoms with van der Waals surface area (Å²) in [6.45, 7) is 3.26. The van der Waals surface area contributed by atoms with Crippen molar-refractivity contribution in [1.82, 2.24) is 0 Å². The van der Waals surface area contributed by atoms with E-state index in [1.807, 2.05) is 0 Å². The lowest BCUT2D eigenvalue weighted by atomic mass is 10.1. The van der Waals surface area contributed by atoms with Crippen molar-refractivity contribution in [3.8, 4) is 0 Å². The van der Waals surface area contributed by atoms with E-state index in [1.54, 1.807) is 0 Å². The SMILES string of the molecule is CCCCCCCOC1CCCCCC1I. The van der Waals surface area contributed by atoms with Gasteiger partial charge in [-0.25, -0.2) is 0 Å². The Kier molecular flexibility index (Phi) is 8.94. The van der Waals surface area contributed by atoms with Crippen LogP contribution in [0.1, 0.15) is 71.1 Å². The lowest BCUT2D eigenvalue weighted by molar-refractivity contribution is 0.0475. The Hall–Kier alpha value is 0.690. The number of hydrogen-bond acceptors (Lipinski definition) is 1. The largest absolute Gasteiger partial charge is 0.377 e. The molecule has 96 valence electrons. The minimum atomic E-state index is 0.550. The summed E-state index contributed by atoms with van der Waals surface area (Å²) < 4.78 is 6.81. The first-order valence-electron chi connectivity index (χ1n) is 7.10. The fourth-order valence-corrected chi connectivity index (χ4v) is 3.36. The van der Waals surface area contributed by atoms with Gasteiger partial charge in [0.05, 0.1) is 6.10 Å². The maximum Gasteiger partial charge on any atom is 0.0692 e. The lowest BCUT2D eigenvalue weighted by Gasteiger charge is -2.20. The Morgan fingerprint density at radius 2 is 1.75 bits per heavy atom. The van der Waals surface area contributed by atoms with Gasteiger partial charge in [-0.3, -0.25) is 0 Å². The number of halogens is 1. The third-order valence-corrected chi connectivity index (χ3v) is 4.88. The fraction of sp³-hybridized carbons (Fsp3) is 1.00. The maximum atomic E-state index is 6.05. The second-order valence-electron chi connectivity index (χ2n) is 4.98. The van der Waals surface area contributed by atoms with E-state index in [-0.39, 0.29) is 0 Å². The molecule has 0 aromatic rings. The van der Waals surface area contributed by atoms with E-state index < -0.39 is 0 Å². The number of alkyl halides is 1. The fourth-order valence-electron chi connectivity index (χ4n) is 2.36.